The Labute approximate surface area is 378 Å². The molecule has 0 bridgehead atoms. The standard InChI is InChI=1S/C59H35F2N5/c60-43-29-41(30-44(61)35-43)42-33-58(65-54-23-9-7-17-45(54)47-27-25-39(31-56(47)65)52-21-11-19-50(63-52)37-13-3-1-4-14-37)49(36-62)59(34-42)66-55-24-10-8-18-46(55)48-28-26-40(32-57(48)66)53-22-12-20-51(64-53)38-15-5-2-6-16-38/h1-35H. The Kier molecular flexibility index (Phi) is 9.18. The molecule has 0 N–H and O–H groups in total. The molecular formula is C59H35F2N5. The second-order valence-corrected chi connectivity index (χ2v) is 16.4. The fraction of sp³-hybridized carbons (Fsp3) is 0. The van der Waals surface area contributed by atoms with Crippen molar-refractivity contribution in [3.8, 4) is 73.6 Å². The lowest BCUT2D eigenvalue weighted by Gasteiger charge is -2.19. The molecule has 7 heteroatoms. The molecule has 0 aliphatic heterocycles. The van der Waals surface area contributed by atoms with Crippen molar-refractivity contribution in [1.82, 2.24) is 19.1 Å². The topological polar surface area (TPSA) is 59.4 Å². The van der Waals surface area contributed by atoms with E-state index in [0.29, 0.717) is 28.1 Å². The highest BCUT2D eigenvalue weighted by atomic mass is 19.1. The summed E-state index contributed by atoms with van der Waals surface area (Å²) in [7, 11) is 0. The summed E-state index contributed by atoms with van der Waals surface area (Å²) in [5.41, 5.74) is 12.9. The van der Waals surface area contributed by atoms with Gasteiger partial charge in [0.15, 0.2) is 0 Å². The van der Waals surface area contributed by atoms with Gasteiger partial charge in [-0.3, -0.25) is 0 Å². The Bertz CT molecular complexity index is 3680. The van der Waals surface area contributed by atoms with Gasteiger partial charge >= 0.3 is 0 Å². The zero-order chi connectivity index (χ0) is 44.3. The van der Waals surface area contributed by atoms with E-state index in [1.165, 1.54) is 12.1 Å². The van der Waals surface area contributed by atoms with Gasteiger partial charge in [0.2, 0.25) is 0 Å². The highest BCUT2D eigenvalue weighted by Gasteiger charge is 2.24. The summed E-state index contributed by atoms with van der Waals surface area (Å²) >= 11 is 0. The molecule has 0 atom stereocenters. The molecule has 12 rings (SSSR count). The second-order valence-electron chi connectivity index (χ2n) is 16.4. The quantitative estimate of drug-likeness (QED) is 0.160. The van der Waals surface area contributed by atoms with Crippen LogP contribution in [0.25, 0.3) is 111 Å². The number of para-hydroxylation sites is 2. The fourth-order valence-electron chi connectivity index (χ4n) is 9.48. The van der Waals surface area contributed by atoms with E-state index >= 15 is 8.78 Å². The molecule has 0 spiro atoms. The zero-order valence-electron chi connectivity index (χ0n) is 35.2. The summed E-state index contributed by atoms with van der Waals surface area (Å²) in [5.74, 6) is -1.40. The summed E-state index contributed by atoms with van der Waals surface area (Å²) in [4.78, 5) is 10.2. The van der Waals surface area contributed by atoms with Crippen molar-refractivity contribution >= 4 is 43.6 Å². The van der Waals surface area contributed by atoms with Crippen LogP contribution in [-0.2, 0) is 0 Å². The highest BCUT2D eigenvalue weighted by Crippen LogP contribution is 2.42. The summed E-state index contributed by atoms with van der Waals surface area (Å²) < 4.78 is 34.6. The minimum atomic E-state index is -0.698. The molecule has 0 amide bonds. The number of fused-ring (bicyclic) bond motifs is 6. The van der Waals surface area contributed by atoms with E-state index in [1.807, 2.05) is 146 Å². The maximum absolute atomic E-state index is 15.2. The van der Waals surface area contributed by atoms with Gasteiger partial charge in [-0.25, -0.2) is 18.7 Å². The summed E-state index contributed by atoms with van der Waals surface area (Å²) in [6.07, 6.45) is 0. The average Bonchev–Trinajstić information content (AvgIpc) is 3.88. The van der Waals surface area contributed by atoms with Gasteiger partial charge in [0, 0.05) is 49.9 Å². The Morgan fingerprint density at radius 2 is 0.727 bits per heavy atom. The Morgan fingerprint density at radius 3 is 1.18 bits per heavy atom. The van der Waals surface area contributed by atoms with Crippen molar-refractivity contribution in [3.05, 3.63) is 230 Å². The molecule has 0 radical (unpaired) electrons. The lowest BCUT2D eigenvalue weighted by atomic mass is 9.99. The number of benzene rings is 8. The van der Waals surface area contributed by atoms with E-state index in [1.54, 1.807) is 0 Å². The molecule has 0 saturated carbocycles. The average molecular weight is 852 g/mol. The van der Waals surface area contributed by atoms with Crippen LogP contribution in [-0.4, -0.2) is 19.1 Å². The van der Waals surface area contributed by atoms with E-state index in [9.17, 15) is 5.26 Å². The number of nitriles is 1. The molecule has 0 unspecified atom stereocenters. The van der Waals surface area contributed by atoms with E-state index < -0.39 is 11.6 Å². The number of halogens is 2. The molecular weight excluding hydrogens is 817 g/mol. The van der Waals surface area contributed by atoms with E-state index in [2.05, 4.69) is 63.7 Å². The van der Waals surface area contributed by atoms with Crippen LogP contribution in [0.4, 0.5) is 8.78 Å². The van der Waals surface area contributed by atoms with Crippen LogP contribution in [0.3, 0.4) is 0 Å². The first kappa shape index (κ1) is 38.7. The SMILES string of the molecule is N#Cc1c(-n2c3ccccc3c3ccc(-c4cccc(-c5ccccc5)n4)cc32)cc(-c2cc(F)cc(F)c2)cc1-n1c2ccccc2c2ccc(-c3cccc(-c4ccccc4)n3)cc21. The number of hydrogen-bond acceptors (Lipinski definition) is 3. The first-order valence-corrected chi connectivity index (χ1v) is 21.7. The minimum absolute atomic E-state index is 0.339. The molecule has 66 heavy (non-hydrogen) atoms. The third kappa shape index (κ3) is 6.51. The Hall–Kier alpha value is -8.99. The van der Waals surface area contributed by atoms with Gasteiger partial charge in [-0.1, -0.05) is 133 Å². The predicted molar refractivity (Wildman–Crippen MR) is 263 cm³/mol. The van der Waals surface area contributed by atoms with Crippen molar-refractivity contribution < 1.29 is 8.78 Å². The Morgan fingerprint density at radius 1 is 0.333 bits per heavy atom. The van der Waals surface area contributed by atoms with Crippen LogP contribution in [0.5, 0.6) is 0 Å². The third-order valence-corrected chi connectivity index (χ3v) is 12.5. The smallest absolute Gasteiger partial charge is 0.126 e. The van der Waals surface area contributed by atoms with Gasteiger partial charge < -0.3 is 9.13 Å². The normalized spacial score (nSPS) is 11.5. The highest BCUT2D eigenvalue weighted by molar-refractivity contribution is 6.12. The van der Waals surface area contributed by atoms with Gasteiger partial charge in [0.1, 0.15) is 23.3 Å². The van der Waals surface area contributed by atoms with Crippen molar-refractivity contribution in [2.24, 2.45) is 0 Å². The van der Waals surface area contributed by atoms with Crippen LogP contribution in [0.1, 0.15) is 5.56 Å². The van der Waals surface area contributed by atoms with Gasteiger partial charge in [0.25, 0.3) is 0 Å². The van der Waals surface area contributed by atoms with Crippen LogP contribution < -0.4 is 0 Å². The third-order valence-electron chi connectivity index (χ3n) is 12.5. The van der Waals surface area contributed by atoms with Gasteiger partial charge in [-0.2, -0.15) is 5.26 Å². The Balaban J connectivity index is 1.14. The minimum Gasteiger partial charge on any atom is -0.308 e. The first-order valence-electron chi connectivity index (χ1n) is 21.7. The first-order chi connectivity index (χ1) is 32.5. The largest absolute Gasteiger partial charge is 0.308 e. The van der Waals surface area contributed by atoms with Crippen molar-refractivity contribution in [2.75, 3.05) is 0 Å². The van der Waals surface area contributed by atoms with Crippen molar-refractivity contribution in [1.29, 1.82) is 5.26 Å². The maximum Gasteiger partial charge on any atom is 0.126 e. The molecule has 0 saturated heterocycles. The van der Waals surface area contributed by atoms with E-state index in [-0.39, 0.29) is 0 Å². The molecule has 310 valence electrons. The lowest BCUT2D eigenvalue weighted by molar-refractivity contribution is 0.584. The number of rotatable bonds is 7. The number of hydrogen-bond donors (Lipinski definition) is 0. The van der Waals surface area contributed by atoms with Gasteiger partial charge in [-0.15, -0.1) is 0 Å². The summed E-state index contributed by atoms with van der Waals surface area (Å²) in [5, 5.41) is 15.5. The number of nitrogens with zero attached hydrogens (tertiary/aromatic N) is 5. The fourth-order valence-corrected chi connectivity index (χ4v) is 9.48. The maximum atomic E-state index is 15.2. The molecule has 8 aromatic carbocycles. The molecule has 0 aliphatic rings. The molecule has 5 nitrogen and oxygen atoms in total. The second kappa shape index (κ2) is 15.7. The van der Waals surface area contributed by atoms with Crippen LogP contribution >= 0.6 is 0 Å². The zero-order valence-corrected chi connectivity index (χ0v) is 35.2. The number of pyridine rings is 2. The van der Waals surface area contributed by atoms with Crippen molar-refractivity contribution in [2.45, 2.75) is 0 Å². The summed E-state index contributed by atoms with van der Waals surface area (Å²) in [6.45, 7) is 0. The van der Waals surface area contributed by atoms with Crippen molar-refractivity contribution in [3.63, 3.8) is 0 Å². The summed E-state index contributed by atoms with van der Waals surface area (Å²) in [6, 6.07) is 71.0. The van der Waals surface area contributed by atoms with Crippen LogP contribution in [0, 0.1) is 23.0 Å². The lowest BCUT2D eigenvalue weighted by Crippen LogP contribution is -2.05. The van der Waals surface area contributed by atoms with Gasteiger partial charge in [-0.05, 0) is 83.9 Å². The monoisotopic (exact) mass is 851 g/mol. The molecule has 12 aromatic rings. The van der Waals surface area contributed by atoms with E-state index in [4.69, 9.17) is 9.97 Å². The molecule has 0 aliphatic carbocycles. The molecule has 0 fully saturated rings. The molecule has 4 heterocycles. The van der Waals surface area contributed by atoms with Crippen LogP contribution in [0.2, 0.25) is 0 Å². The predicted octanol–water partition coefficient (Wildman–Crippen LogP) is 15.2. The van der Waals surface area contributed by atoms with Gasteiger partial charge in [0.05, 0.1) is 56.2 Å². The number of aromatic nitrogens is 4. The molecule has 4 aromatic heterocycles. The van der Waals surface area contributed by atoms with E-state index in [0.717, 1.165) is 94.7 Å². The van der Waals surface area contributed by atoms with Crippen LogP contribution in [0.15, 0.2) is 212 Å².